The van der Waals surface area contributed by atoms with Gasteiger partial charge in [-0.1, -0.05) is 0 Å². The van der Waals surface area contributed by atoms with E-state index in [1.165, 1.54) is 0 Å². The molecule has 0 radical (unpaired) electrons. The predicted octanol–water partition coefficient (Wildman–Crippen LogP) is 0.914. The van der Waals surface area contributed by atoms with Gasteiger partial charge in [0.25, 0.3) is 0 Å². The summed E-state index contributed by atoms with van der Waals surface area (Å²) in [6.45, 7) is 5.46. The van der Waals surface area contributed by atoms with Crippen molar-refractivity contribution in [2.45, 2.75) is 51.3 Å². The molecular formula is C10H21NO2. The highest BCUT2D eigenvalue weighted by Gasteiger charge is 2.24. The van der Waals surface area contributed by atoms with Gasteiger partial charge < -0.3 is 15.2 Å². The van der Waals surface area contributed by atoms with E-state index in [9.17, 15) is 0 Å². The van der Waals surface area contributed by atoms with Gasteiger partial charge in [-0.05, 0) is 33.1 Å². The van der Waals surface area contributed by atoms with Gasteiger partial charge in [-0.15, -0.1) is 0 Å². The summed E-state index contributed by atoms with van der Waals surface area (Å²) in [7, 11) is 0. The molecule has 1 saturated heterocycles. The minimum Gasteiger partial charge on any atom is -0.396 e. The Labute approximate surface area is 80.5 Å². The Hall–Kier alpha value is -0.120. The molecule has 0 saturated carbocycles. The zero-order valence-corrected chi connectivity index (χ0v) is 8.62. The van der Waals surface area contributed by atoms with Crippen molar-refractivity contribution >= 4 is 0 Å². The van der Waals surface area contributed by atoms with E-state index < -0.39 is 0 Å². The Bertz CT molecular complexity index is 141. The summed E-state index contributed by atoms with van der Waals surface area (Å²) in [6.07, 6.45) is 3.39. The molecule has 0 spiro atoms. The predicted molar refractivity (Wildman–Crippen MR) is 52.7 cm³/mol. The van der Waals surface area contributed by atoms with Crippen molar-refractivity contribution in [3.05, 3.63) is 0 Å². The van der Waals surface area contributed by atoms with Crippen LogP contribution in [-0.2, 0) is 4.74 Å². The number of hydrogen-bond donors (Lipinski definition) is 2. The van der Waals surface area contributed by atoms with Crippen LogP contribution in [0.1, 0.15) is 33.1 Å². The number of ether oxygens (including phenoxy) is 1. The third kappa shape index (κ3) is 3.63. The first-order valence-corrected chi connectivity index (χ1v) is 5.22. The maximum Gasteiger partial charge on any atom is 0.0700 e. The maximum absolute atomic E-state index is 8.68. The van der Waals surface area contributed by atoms with Crippen LogP contribution in [-0.4, -0.2) is 36.5 Å². The molecule has 13 heavy (non-hydrogen) atoms. The van der Waals surface area contributed by atoms with Crippen LogP contribution in [0.15, 0.2) is 0 Å². The van der Waals surface area contributed by atoms with Crippen molar-refractivity contribution in [3.8, 4) is 0 Å². The quantitative estimate of drug-likeness (QED) is 0.672. The normalized spacial score (nSPS) is 30.7. The molecule has 0 aromatic carbocycles. The highest BCUT2D eigenvalue weighted by Crippen LogP contribution is 2.13. The summed E-state index contributed by atoms with van der Waals surface area (Å²) in [4.78, 5) is 0. The van der Waals surface area contributed by atoms with Gasteiger partial charge >= 0.3 is 0 Å². The maximum atomic E-state index is 8.68. The fraction of sp³-hybridized carbons (Fsp3) is 1.00. The fourth-order valence-corrected chi connectivity index (χ4v) is 1.80. The van der Waals surface area contributed by atoms with Crippen LogP contribution in [0.3, 0.4) is 0 Å². The first-order chi connectivity index (χ1) is 6.24. The third-order valence-electron chi connectivity index (χ3n) is 2.67. The van der Waals surface area contributed by atoms with E-state index in [0.29, 0.717) is 24.8 Å². The van der Waals surface area contributed by atoms with Gasteiger partial charge in [0.15, 0.2) is 0 Å². The second-order valence-corrected chi connectivity index (χ2v) is 3.90. The van der Waals surface area contributed by atoms with Crippen molar-refractivity contribution in [3.63, 3.8) is 0 Å². The Morgan fingerprint density at radius 1 is 1.62 bits per heavy atom. The van der Waals surface area contributed by atoms with Gasteiger partial charge in [0.05, 0.1) is 6.10 Å². The molecule has 3 atom stereocenters. The molecule has 78 valence electrons. The molecule has 1 heterocycles. The zero-order chi connectivity index (χ0) is 9.68. The van der Waals surface area contributed by atoms with Gasteiger partial charge in [-0.25, -0.2) is 0 Å². The molecule has 3 heteroatoms. The summed E-state index contributed by atoms with van der Waals surface area (Å²) in [5.74, 6) is 0. The largest absolute Gasteiger partial charge is 0.396 e. The number of rotatable bonds is 5. The van der Waals surface area contributed by atoms with Crippen LogP contribution in [0.2, 0.25) is 0 Å². The molecule has 0 aromatic heterocycles. The van der Waals surface area contributed by atoms with E-state index in [0.717, 1.165) is 25.9 Å². The second kappa shape index (κ2) is 5.58. The van der Waals surface area contributed by atoms with Gasteiger partial charge in [0, 0.05) is 25.3 Å². The Morgan fingerprint density at radius 3 is 2.92 bits per heavy atom. The third-order valence-corrected chi connectivity index (χ3v) is 2.67. The Morgan fingerprint density at radius 2 is 2.38 bits per heavy atom. The topological polar surface area (TPSA) is 41.5 Å². The summed E-state index contributed by atoms with van der Waals surface area (Å²) >= 11 is 0. The van der Waals surface area contributed by atoms with Crippen LogP contribution in [0, 0.1) is 0 Å². The fourth-order valence-electron chi connectivity index (χ4n) is 1.80. The second-order valence-electron chi connectivity index (χ2n) is 3.90. The summed E-state index contributed by atoms with van der Waals surface area (Å²) in [5.41, 5.74) is 0. The van der Waals surface area contributed by atoms with Gasteiger partial charge in [0.2, 0.25) is 0 Å². The lowest BCUT2D eigenvalue weighted by Crippen LogP contribution is -2.40. The van der Waals surface area contributed by atoms with Crippen LogP contribution in [0.25, 0.3) is 0 Å². The average molecular weight is 187 g/mol. The van der Waals surface area contributed by atoms with Crippen LogP contribution in [0.5, 0.6) is 0 Å². The summed E-state index contributed by atoms with van der Waals surface area (Å²) in [5, 5.41) is 12.2. The number of nitrogens with one attached hydrogen (secondary N) is 1. The average Bonchev–Trinajstić information content (AvgIpc) is 2.48. The Kier molecular flexibility index (Phi) is 4.70. The lowest BCUT2D eigenvalue weighted by Gasteiger charge is -2.21. The molecule has 1 aliphatic rings. The lowest BCUT2D eigenvalue weighted by atomic mass is 10.1. The van der Waals surface area contributed by atoms with Crippen LogP contribution >= 0.6 is 0 Å². The molecule has 0 bridgehead atoms. The molecule has 3 unspecified atom stereocenters. The van der Waals surface area contributed by atoms with E-state index in [2.05, 4.69) is 19.2 Å². The first-order valence-electron chi connectivity index (χ1n) is 5.22. The molecule has 1 aliphatic heterocycles. The summed E-state index contributed by atoms with van der Waals surface area (Å²) in [6, 6.07) is 0.995. The van der Waals surface area contributed by atoms with E-state index in [4.69, 9.17) is 9.84 Å². The highest BCUT2D eigenvalue weighted by molar-refractivity contribution is 4.81. The molecule has 0 aromatic rings. The molecular weight excluding hydrogens is 166 g/mol. The standard InChI is InChI=1S/C10H21NO2/c1-8(4-3-6-12)11-10-5-7-13-9(10)2/h8-12H,3-7H2,1-2H3. The minimum atomic E-state index is 0.294. The number of aliphatic hydroxyl groups excluding tert-OH is 1. The summed E-state index contributed by atoms with van der Waals surface area (Å²) < 4.78 is 5.46. The lowest BCUT2D eigenvalue weighted by molar-refractivity contribution is 0.110. The van der Waals surface area contributed by atoms with Crippen molar-refractivity contribution in [1.82, 2.24) is 5.32 Å². The molecule has 0 amide bonds. The number of aliphatic hydroxyl groups is 1. The van der Waals surface area contributed by atoms with Crippen molar-refractivity contribution in [2.75, 3.05) is 13.2 Å². The Balaban J connectivity index is 2.15. The monoisotopic (exact) mass is 187 g/mol. The van der Waals surface area contributed by atoms with Crippen molar-refractivity contribution in [1.29, 1.82) is 0 Å². The van der Waals surface area contributed by atoms with Gasteiger partial charge in [0.1, 0.15) is 0 Å². The molecule has 3 nitrogen and oxygen atoms in total. The van der Waals surface area contributed by atoms with Crippen LogP contribution in [0.4, 0.5) is 0 Å². The SMILES string of the molecule is CC(CCCO)NC1CCOC1C. The number of hydrogen-bond acceptors (Lipinski definition) is 3. The van der Waals surface area contributed by atoms with Crippen molar-refractivity contribution in [2.24, 2.45) is 0 Å². The molecule has 1 fully saturated rings. The molecule has 1 rings (SSSR count). The zero-order valence-electron chi connectivity index (χ0n) is 8.62. The van der Waals surface area contributed by atoms with E-state index in [-0.39, 0.29) is 0 Å². The van der Waals surface area contributed by atoms with E-state index in [1.54, 1.807) is 0 Å². The highest BCUT2D eigenvalue weighted by atomic mass is 16.5. The molecule has 2 N–H and O–H groups in total. The minimum absolute atomic E-state index is 0.294. The first kappa shape index (κ1) is 11.0. The smallest absolute Gasteiger partial charge is 0.0700 e. The van der Waals surface area contributed by atoms with E-state index >= 15 is 0 Å². The van der Waals surface area contributed by atoms with Crippen LogP contribution < -0.4 is 5.32 Å². The van der Waals surface area contributed by atoms with Crippen molar-refractivity contribution < 1.29 is 9.84 Å². The van der Waals surface area contributed by atoms with Gasteiger partial charge in [-0.3, -0.25) is 0 Å². The van der Waals surface area contributed by atoms with Gasteiger partial charge in [-0.2, -0.15) is 0 Å². The van der Waals surface area contributed by atoms with E-state index in [1.807, 2.05) is 0 Å². The molecule has 0 aliphatic carbocycles.